The number of hydrogen-bond donors (Lipinski definition) is 1. The van der Waals surface area contributed by atoms with Crippen LogP contribution in [0.2, 0.25) is 0 Å². The van der Waals surface area contributed by atoms with E-state index in [9.17, 15) is 9.18 Å². The van der Waals surface area contributed by atoms with E-state index in [1.165, 1.54) is 12.1 Å². The summed E-state index contributed by atoms with van der Waals surface area (Å²) >= 11 is 8.96. The Balaban J connectivity index is 2.31. The van der Waals surface area contributed by atoms with Gasteiger partial charge in [0.05, 0.1) is 5.56 Å². The molecule has 2 aromatic carbocycles. The summed E-state index contributed by atoms with van der Waals surface area (Å²) in [6.07, 6.45) is 0. The van der Waals surface area contributed by atoms with Gasteiger partial charge < -0.3 is 5.32 Å². The molecule has 0 fully saturated rings. The molecule has 2 aromatic rings. The van der Waals surface area contributed by atoms with Crippen LogP contribution < -0.4 is 5.32 Å². The highest BCUT2D eigenvalue weighted by molar-refractivity contribution is 9.10. The Morgan fingerprint density at radius 3 is 2.63 bits per heavy atom. The van der Waals surface area contributed by atoms with Crippen molar-refractivity contribution in [3.05, 3.63) is 63.9 Å². The Morgan fingerprint density at radius 2 is 1.95 bits per heavy atom. The van der Waals surface area contributed by atoms with Gasteiger partial charge in [0.1, 0.15) is 5.82 Å². The van der Waals surface area contributed by atoms with E-state index >= 15 is 0 Å². The zero-order chi connectivity index (χ0) is 13.8. The van der Waals surface area contributed by atoms with Crippen LogP contribution in [0, 0.1) is 5.82 Å². The molecule has 1 N–H and O–H groups in total. The largest absolute Gasteiger partial charge is 0.322 e. The molecule has 0 bridgehead atoms. The molecule has 0 aliphatic rings. The van der Waals surface area contributed by atoms with Gasteiger partial charge in [-0.3, -0.25) is 4.79 Å². The van der Waals surface area contributed by atoms with Crippen molar-refractivity contribution in [1.82, 2.24) is 0 Å². The predicted octanol–water partition coefficient (Wildman–Crippen LogP) is 4.58. The summed E-state index contributed by atoms with van der Waals surface area (Å²) in [7, 11) is 0. The van der Waals surface area contributed by atoms with Crippen molar-refractivity contribution in [1.29, 1.82) is 0 Å². The third-order valence-corrected chi connectivity index (χ3v) is 3.55. The molecule has 1 amide bonds. The molecular weight excluding hydrogens is 333 g/mol. The minimum Gasteiger partial charge on any atom is -0.322 e. The van der Waals surface area contributed by atoms with E-state index in [2.05, 4.69) is 21.2 Å². The molecule has 0 aromatic heterocycles. The topological polar surface area (TPSA) is 29.1 Å². The van der Waals surface area contributed by atoms with Crippen LogP contribution in [0.4, 0.5) is 10.1 Å². The molecule has 98 valence electrons. The predicted molar refractivity (Wildman–Crippen MR) is 78.1 cm³/mol. The second kappa shape index (κ2) is 6.17. The number of carbonyl (C=O) groups excluding carboxylic acids is 1. The highest BCUT2D eigenvalue weighted by Gasteiger charge is 2.16. The molecule has 0 atom stereocenters. The first-order valence-electron chi connectivity index (χ1n) is 5.52. The van der Waals surface area contributed by atoms with Gasteiger partial charge in [0.15, 0.2) is 0 Å². The fourth-order valence-electron chi connectivity index (χ4n) is 1.66. The zero-order valence-electron chi connectivity index (χ0n) is 9.79. The molecule has 0 aliphatic heterocycles. The number of para-hydroxylation sites is 1. The first kappa shape index (κ1) is 14.0. The molecule has 0 radical (unpaired) electrons. The van der Waals surface area contributed by atoms with Gasteiger partial charge >= 0.3 is 0 Å². The minimum atomic E-state index is -0.574. The van der Waals surface area contributed by atoms with Gasteiger partial charge in [0.25, 0.3) is 5.91 Å². The Labute approximate surface area is 123 Å². The van der Waals surface area contributed by atoms with Crippen molar-refractivity contribution >= 4 is 39.1 Å². The van der Waals surface area contributed by atoms with Crippen LogP contribution in [0.1, 0.15) is 15.9 Å². The third-order valence-electron chi connectivity index (χ3n) is 2.60. The van der Waals surface area contributed by atoms with Crippen molar-refractivity contribution in [2.45, 2.75) is 5.88 Å². The lowest BCUT2D eigenvalue weighted by Crippen LogP contribution is -2.15. The maximum atomic E-state index is 13.7. The molecule has 0 saturated carbocycles. The average molecular weight is 343 g/mol. The fraction of sp³-hybridized carbons (Fsp3) is 0.0714. The second-order valence-corrected chi connectivity index (χ2v) is 4.96. The number of anilines is 1. The quantitative estimate of drug-likeness (QED) is 0.813. The molecule has 19 heavy (non-hydrogen) atoms. The van der Waals surface area contributed by atoms with Gasteiger partial charge in [-0.15, -0.1) is 11.6 Å². The van der Waals surface area contributed by atoms with Crippen molar-refractivity contribution in [3.63, 3.8) is 0 Å². The molecule has 5 heteroatoms. The minimum absolute atomic E-state index is 0.0214. The Morgan fingerprint density at radius 1 is 1.21 bits per heavy atom. The number of halogens is 3. The van der Waals surface area contributed by atoms with Crippen molar-refractivity contribution < 1.29 is 9.18 Å². The first-order chi connectivity index (χ1) is 9.13. The van der Waals surface area contributed by atoms with Crippen molar-refractivity contribution in [2.75, 3.05) is 5.32 Å². The molecule has 0 spiro atoms. The fourth-order valence-corrected chi connectivity index (χ4v) is 2.41. The number of rotatable bonds is 3. The normalized spacial score (nSPS) is 10.3. The van der Waals surface area contributed by atoms with Gasteiger partial charge in [-0.05, 0) is 39.7 Å². The summed E-state index contributed by atoms with van der Waals surface area (Å²) in [5.41, 5.74) is 1.34. The van der Waals surface area contributed by atoms with Crippen LogP contribution in [-0.4, -0.2) is 5.91 Å². The van der Waals surface area contributed by atoms with Gasteiger partial charge in [-0.25, -0.2) is 4.39 Å². The van der Waals surface area contributed by atoms with E-state index in [1.807, 2.05) is 6.07 Å². The van der Waals surface area contributed by atoms with Crippen LogP contribution in [0.5, 0.6) is 0 Å². The highest BCUT2D eigenvalue weighted by Crippen LogP contribution is 2.23. The van der Waals surface area contributed by atoms with Crippen LogP contribution in [0.15, 0.2) is 46.9 Å². The maximum Gasteiger partial charge on any atom is 0.259 e. The average Bonchev–Trinajstić information content (AvgIpc) is 2.39. The standard InChI is InChI=1S/C14H10BrClFNO/c15-10-5-3-6-11(17)13(10)14(19)18-12-7-2-1-4-9(12)8-16/h1-7H,8H2,(H,18,19). The molecule has 0 unspecified atom stereocenters. The third kappa shape index (κ3) is 3.14. The summed E-state index contributed by atoms with van der Waals surface area (Å²) < 4.78 is 14.1. The summed E-state index contributed by atoms with van der Waals surface area (Å²) in [5.74, 6) is -0.813. The number of hydrogen-bond acceptors (Lipinski definition) is 1. The highest BCUT2D eigenvalue weighted by atomic mass is 79.9. The van der Waals surface area contributed by atoms with E-state index in [0.717, 1.165) is 5.56 Å². The Hall–Kier alpha value is -1.39. The lowest BCUT2D eigenvalue weighted by Gasteiger charge is -2.10. The van der Waals surface area contributed by atoms with Crippen molar-refractivity contribution in [2.24, 2.45) is 0 Å². The van der Waals surface area contributed by atoms with Crippen LogP contribution in [-0.2, 0) is 5.88 Å². The Bertz CT molecular complexity index is 598. The van der Waals surface area contributed by atoms with E-state index in [1.54, 1.807) is 24.3 Å². The molecule has 0 saturated heterocycles. The summed E-state index contributed by atoms with van der Waals surface area (Å²) in [5, 5.41) is 2.67. The second-order valence-electron chi connectivity index (χ2n) is 3.84. The Kier molecular flexibility index (Phi) is 4.56. The molecule has 0 aliphatic carbocycles. The number of alkyl halides is 1. The van der Waals surface area contributed by atoms with Crippen LogP contribution in [0.25, 0.3) is 0 Å². The van der Waals surface area contributed by atoms with E-state index in [0.29, 0.717) is 10.2 Å². The van der Waals surface area contributed by atoms with E-state index < -0.39 is 11.7 Å². The first-order valence-corrected chi connectivity index (χ1v) is 6.85. The van der Waals surface area contributed by atoms with E-state index in [4.69, 9.17) is 11.6 Å². The lowest BCUT2D eigenvalue weighted by molar-refractivity contribution is 0.102. The number of benzene rings is 2. The number of amides is 1. The van der Waals surface area contributed by atoms with Gasteiger partial charge in [-0.1, -0.05) is 24.3 Å². The summed E-state index contributed by atoms with van der Waals surface area (Å²) in [6, 6.07) is 11.5. The number of nitrogens with one attached hydrogen (secondary N) is 1. The smallest absolute Gasteiger partial charge is 0.259 e. The van der Waals surface area contributed by atoms with Crippen LogP contribution >= 0.6 is 27.5 Å². The van der Waals surface area contributed by atoms with Gasteiger partial charge in [0, 0.05) is 16.0 Å². The lowest BCUT2D eigenvalue weighted by atomic mass is 10.1. The van der Waals surface area contributed by atoms with Gasteiger partial charge in [-0.2, -0.15) is 0 Å². The SMILES string of the molecule is O=C(Nc1ccccc1CCl)c1c(F)cccc1Br. The van der Waals surface area contributed by atoms with E-state index in [-0.39, 0.29) is 11.4 Å². The monoisotopic (exact) mass is 341 g/mol. The number of carbonyl (C=O) groups is 1. The summed E-state index contributed by atoms with van der Waals surface area (Å²) in [6.45, 7) is 0. The van der Waals surface area contributed by atoms with Gasteiger partial charge in [0.2, 0.25) is 0 Å². The maximum absolute atomic E-state index is 13.7. The molecule has 2 rings (SSSR count). The molecule has 0 heterocycles. The molecule has 2 nitrogen and oxygen atoms in total. The van der Waals surface area contributed by atoms with Crippen LogP contribution in [0.3, 0.4) is 0 Å². The van der Waals surface area contributed by atoms with Crippen molar-refractivity contribution in [3.8, 4) is 0 Å². The summed E-state index contributed by atoms with van der Waals surface area (Å²) in [4.78, 5) is 12.1. The molecular formula is C14H10BrClFNO. The zero-order valence-corrected chi connectivity index (χ0v) is 12.1.